The normalized spacial score (nSPS) is 11.9. The fourth-order valence-electron chi connectivity index (χ4n) is 2.04. The summed E-state index contributed by atoms with van der Waals surface area (Å²) in [6.07, 6.45) is 0. The Morgan fingerprint density at radius 3 is 2.38 bits per heavy atom. The van der Waals surface area contributed by atoms with Crippen LogP contribution in [0.2, 0.25) is 0 Å². The molecule has 112 valence electrons. The maximum absolute atomic E-state index is 13.3. The van der Waals surface area contributed by atoms with Crippen LogP contribution in [0.15, 0.2) is 40.9 Å². The lowest BCUT2D eigenvalue weighted by Gasteiger charge is -2.17. The van der Waals surface area contributed by atoms with Crippen LogP contribution in [0.3, 0.4) is 0 Å². The van der Waals surface area contributed by atoms with Gasteiger partial charge in [-0.05, 0) is 52.7 Å². The number of ether oxygens (including phenoxy) is 2. The molecule has 0 saturated heterocycles. The van der Waals surface area contributed by atoms with E-state index >= 15 is 0 Å². The zero-order valence-corrected chi connectivity index (χ0v) is 13.7. The Morgan fingerprint density at radius 2 is 1.76 bits per heavy atom. The number of nitrogens with one attached hydrogen (secondary N) is 1. The maximum Gasteiger partial charge on any atom is 0.162 e. The molecule has 0 aliphatic rings. The second kappa shape index (κ2) is 6.80. The first-order valence-electron chi connectivity index (χ1n) is 6.48. The summed E-state index contributed by atoms with van der Waals surface area (Å²) >= 11 is 3.20. The van der Waals surface area contributed by atoms with Crippen molar-refractivity contribution in [2.24, 2.45) is 0 Å². The Labute approximate surface area is 132 Å². The highest BCUT2D eigenvalue weighted by Gasteiger charge is 2.10. The summed E-state index contributed by atoms with van der Waals surface area (Å²) in [6, 6.07) is 10.6. The fourth-order valence-corrected chi connectivity index (χ4v) is 2.44. The van der Waals surface area contributed by atoms with E-state index in [0.717, 1.165) is 11.3 Å². The van der Waals surface area contributed by atoms with Crippen LogP contribution in [0, 0.1) is 5.82 Å². The van der Waals surface area contributed by atoms with Gasteiger partial charge in [-0.1, -0.05) is 6.07 Å². The fraction of sp³-hybridized carbons (Fsp3) is 0.250. The predicted molar refractivity (Wildman–Crippen MR) is 85.7 cm³/mol. The van der Waals surface area contributed by atoms with Gasteiger partial charge in [-0.15, -0.1) is 0 Å². The molecule has 0 heterocycles. The number of hydrogen-bond donors (Lipinski definition) is 1. The zero-order chi connectivity index (χ0) is 15.4. The Kier molecular flexibility index (Phi) is 5.07. The lowest BCUT2D eigenvalue weighted by Crippen LogP contribution is -2.07. The predicted octanol–water partition coefficient (Wildman–Crippen LogP) is 4.78. The Bertz CT molecular complexity index is 634. The lowest BCUT2D eigenvalue weighted by molar-refractivity contribution is 0.355. The summed E-state index contributed by atoms with van der Waals surface area (Å²) < 4.78 is 24.2. The van der Waals surface area contributed by atoms with E-state index in [1.165, 1.54) is 6.07 Å². The van der Waals surface area contributed by atoms with Crippen molar-refractivity contribution in [2.75, 3.05) is 19.5 Å². The highest BCUT2D eigenvalue weighted by molar-refractivity contribution is 9.10. The summed E-state index contributed by atoms with van der Waals surface area (Å²) in [5, 5.41) is 3.35. The molecule has 1 N–H and O–H groups in total. The monoisotopic (exact) mass is 353 g/mol. The molecule has 21 heavy (non-hydrogen) atoms. The average molecular weight is 354 g/mol. The number of hydrogen-bond acceptors (Lipinski definition) is 3. The first kappa shape index (κ1) is 15.6. The van der Waals surface area contributed by atoms with Crippen molar-refractivity contribution < 1.29 is 13.9 Å². The molecule has 2 aromatic rings. The van der Waals surface area contributed by atoms with Crippen LogP contribution in [0.1, 0.15) is 18.5 Å². The molecule has 0 aromatic heterocycles. The maximum atomic E-state index is 13.3. The van der Waals surface area contributed by atoms with Crippen LogP contribution in [-0.4, -0.2) is 14.2 Å². The summed E-state index contributed by atoms with van der Waals surface area (Å²) in [5.74, 6) is 1.08. The van der Waals surface area contributed by atoms with Gasteiger partial charge in [0.15, 0.2) is 11.5 Å². The molecular weight excluding hydrogens is 337 g/mol. The molecule has 0 radical (unpaired) electrons. The van der Waals surface area contributed by atoms with E-state index in [-0.39, 0.29) is 11.9 Å². The minimum atomic E-state index is -0.267. The number of halogens is 2. The molecule has 1 atom stereocenters. The van der Waals surface area contributed by atoms with E-state index in [0.29, 0.717) is 16.0 Å². The second-order valence-electron chi connectivity index (χ2n) is 4.61. The topological polar surface area (TPSA) is 30.5 Å². The zero-order valence-electron chi connectivity index (χ0n) is 12.1. The van der Waals surface area contributed by atoms with E-state index in [4.69, 9.17) is 9.47 Å². The number of benzene rings is 2. The smallest absolute Gasteiger partial charge is 0.162 e. The highest BCUT2D eigenvalue weighted by Crippen LogP contribution is 2.31. The largest absolute Gasteiger partial charge is 0.493 e. The van der Waals surface area contributed by atoms with Gasteiger partial charge in [0.2, 0.25) is 0 Å². The summed E-state index contributed by atoms with van der Waals surface area (Å²) in [7, 11) is 3.20. The van der Waals surface area contributed by atoms with Gasteiger partial charge in [-0.25, -0.2) is 4.39 Å². The van der Waals surface area contributed by atoms with Crippen molar-refractivity contribution >= 4 is 21.6 Å². The van der Waals surface area contributed by atoms with Gasteiger partial charge in [-0.2, -0.15) is 0 Å². The third kappa shape index (κ3) is 3.67. The quantitative estimate of drug-likeness (QED) is 0.838. The first-order chi connectivity index (χ1) is 10.0. The van der Waals surface area contributed by atoms with Gasteiger partial charge in [-0.3, -0.25) is 0 Å². The molecule has 0 aliphatic carbocycles. The van der Waals surface area contributed by atoms with Crippen molar-refractivity contribution in [2.45, 2.75) is 13.0 Å². The van der Waals surface area contributed by atoms with Gasteiger partial charge < -0.3 is 14.8 Å². The summed E-state index contributed by atoms with van der Waals surface area (Å²) in [5.41, 5.74) is 1.89. The van der Waals surface area contributed by atoms with Crippen LogP contribution in [0.25, 0.3) is 0 Å². The van der Waals surface area contributed by atoms with Crippen molar-refractivity contribution in [1.82, 2.24) is 0 Å². The molecule has 3 nitrogen and oxygen atoms in total. The van der Waals surface area contributed by atoms with Gasteiger partial charge in [0.1, 0.15) is 5.82 Å². The Morgan fingerprint density at radius 1 is 1.05 bits per heavy atom. The summed E-state index contributed by atoms with van der Waals surface area (Å²) in [4.78, 5) is 0. The van der Waals surface area contributed by atoms with Gasteiger partial charge in [0.05, 0.1) is 18.7 Å². The minimum absolute atomic E-state index is 0.0278. The number of rotatable bonds is 5. The molecule has 5 heteroatoms. The molecule has 0 aliphatic heterocycles. The molecule has 2 rings (SSSR count). The molecule has 0 fully saturated rings. The van der Waals surface area contributed by atoms with E-state index < -0.39 is 0 Å². The van der Waals surface area contributed by atoms with Crippen molar-refractivity contribution in [1.29, 1.82) is 0 Å². The van der Waals surface area contributed by atoms with E-state index in [1.807, 2.05) is 25.1 Å². The van der Waals surface area contributed by atoms with Crippen molar-refractivity contribution in [3.8, 4) is 11.5 Å². The van der Waals surface area contributed by atoms with Crippen LogP contribution in [-0.2, 0) is 0 Å². The van der Waals surface area contributed by atoms with Crippen molar-refractivity contribution in [3.05, 3.63) is 52.3 Å². The standard InChI is InChI=1S/C16H17BrFNO2/c1-10(11-4-6-14(18)13(17)8-11)19-12-5-7-15(20-2)16(9-12)21-3/h4-10,19H,1-3H3. The van der Waals surface area contributed by atoms with Gasteiger partial charge in [0.25, 0.3) is 0 Å². The third-order valence-corrected chi connectivity index (χ3v) is 3.82. The van der Waals surface area contributed by atoms with E-state index in [9.17, 15) is 4.39 Å². The van der Waals surface area contributed by atoms with Gasteiger partial charge >= 0.3 is 0 Å². The molecule has 0 amide bonds. The van der Waals surface area contributed by atoms with Crippen LogP contribution < -0.4 is 14.8 Å². The molecule has 1 unspecified atom stereocenters. The van der Waals surface area contributed by atoms with E-state index in [2.05, 4.69) is 21.2 Å². The van der Waals surface area contributed by atoms with E-state index in [1.54, 1.807) is 26.4 Å². The Hall–Kier alpha value is -1.75. The SMILES string of the molecule is COc1ccc(NC(C)c2ccc(F)c(Br)c2)cc1OC. The van der Waals surface area contributed by atoms with Crippen LogP contribution >= 0.6 is 15.9 Å². The Balaban J connectivity index is 2.18. The molecule has 0 spiro atoms. The lowest BCUT2D eigenvalue weighted by atomic mass is 10.1. The minimum Gasteiger partial charge on any atom is -0.493 e. The third-order valence-electron chi connectivity index (χ3n) is 3.21. The van der Waals surface area contributed by atoms with Crippen molar-refractivity contribution in [3.63, 3.8) is 0 Å². The highest BCUT2D eigenvalue weighted by atomic mass is 79.9. The number of methoxy groups -OCH3 is 2. The second-order valence-corrected chi connectivity index (χ2v) is 5.46. The van der Waals surface area contributed by atoms with Crippen LogP contribution in [0.5, 0.6) is 11.5 Å². The average Bonchev–Trinajstić information content (AvgIpc) is 2.49. The summed E-state index contributed by atoms with van der Waals surface area (Å²) in [6.45, 7) is 2.01. The number of anilines is 1. The molecule has 0 bridgehead atoms. The molecule has 2 aromatic carbocycles. The molecule has 0 saturated carbocycles. The first-order valence-corrected chi connectivity index (χ1v) is 7.28. The van der Waals surface area contributed by atoms with Gasteiger partial charge in [0, 0.05) is 17.8 Å². The van der Waals surface area contributed by atoms with Crippen LogP contribution in [0.4, 0.5) is 10.1 Å². The molecular formula is C16H17BrFNO2.